The minimum Gasteiger partial charge on any atom is -0.343 e. The van der Waals surface area contributed by atoms with E-state index in [2.05, 4.69) is 32.0 Å². The summed E-state index contributed by atoms with van der Waals surface area (Å²) >= 11 is 0. The predicted molar refractivity (Wildman–Crippen MR) is 73.6 cm³/mol. The van der Waals surface area contributed by atoms with Crippen LogP contribution in [-0.2, 0) is 15.3 Å². The van der Waals surface area contributed by atoms with E-state index in [-0.39, 0.29) is 0 Å². The standard InChI is InChI=1S/C14H18O2.C2H6/c1-10-4-3-5-13(11(10)2)14(12-6-7-12)15-8-9-16-14;1-2/h3-5,12H,6-9H2,1-2H3;1-2H3. The van der Waals surface area contributed by atoms with Gasteiger partial charge in [-0.2, -0.15) is 0 Å². The zero-order valence-corrected chi connectivity index (χ0v) is 12.0. The van der Waals surface area contributed by atoms with Gasteiger partial charge in [0.15, 0.2) is 5.79 Å². The highest BCUT2D eigenvalue weighted by Crippen LogP contribution is 2.51. The Morgan fingerprint density at radius 3 is 2.22 bits per heavy atom. The van der Waals surface area contributed by atoms with Gasteiger partial charge in [-0.3, -0.25) is 0 Å². The lowest BCUT2D eigenvalue weighted by Crippen LogP contribution is -2.30. The maximum Gasteiger partial charge on any atom is 0.198 e. The summed E-state index contributed by atoms with van der Waals surface area (Å²) in [5.41, 5.74) is 3.88. The first kappa shape index (κ1) is 13.6. The van der Waals surface area contributed by atoms with Crippen molar-refractivity contribution in [2.24, 2.45) is 5.92 Å². The summed E-state index contributed by atoms with van der Waals surface area (Å²) < 4.78 is 11.9. The van der Waals surface area contributed by atoms with Gasteiger partial charge in [-0.05, 0) is 37.8 Å². The molecule has 1 aliphatic heterocycles. The van der Waals surface area contributed by atoms with Crippen molar-refractivity contribution in [3.63, 3.8) is 0 Å². The van der Waals surface area contributed by atoms with Crippen LogP contribution in [0.2, 0.25) is 0 Å². The minimum atomic E-state index is -0.421. The molecule has 1 saturated heterocycles. The van der Waals surface area contributed by atoms with Crippen LogP contribution in [0.15, 0.2) is 18.2 Å². The molecule has 1 aliphatic carbocycles. The fourth-order valence-corrected chi connectivity index (χ4v) is 2.63. The lowest BCUT2D eigenvalue weighted by molar-refractivity contribution is -0.182. The van der Waals surface area contributed by atoms with Crippen molar-refractivity contribution in [3.8, 4) is 0 Å². The smallest absolute Gasteiger partial charge is 0.198 e. The molecule has 0 aromatic heterocycles. The van der Waals surface area contributed by atoms with E-state index in [0.29, 0.717) is 5.92 Å². The van der Waals surface area contributed by atoms with Crippen LogP contribution in [0.4, 0.5) is 0 Å². The Kier molecular flexibility index (Phi) is 4.08. The maximum atomic E-state index is 5.96. The second kappa shape index (κ2) is 5.41. The zero-order valence-electron chi connectivity index (χ0n) is 12.0. The van der Waals surface area contributed by atoms with Gasteiger partial charge in [-0.1, -0.05) is 32.0 Å². The number of benzene rings is 1. The monoisotopic (exact) mass is 248 g/mol. The molecule has 1 heterocycles. The van der Waals surface area contributed by atoms with Crippen LogP contribution in [0.5, 0.6) is 0 Å². The SMILES string of the molecule is CC.Cc1cccc(C2(C3CC3)OCCO2)c1C. The van der Waals surface area contributed by atoms with Gasteiger partial charge < -0.3 is 9.47 Å². The van der Waals surface area contributed by atoms with Crippen molar-refractivity contribution in [1.82, 2.24) is 0 Å². The molecule has 2 fully saturated rings. The summed E-state index contributed by atoms with van der Waals surface area (Å²) in [7, 11) is 0. The lowest BCUT2D eigenvalue weighted by atomic mass is 9.93. The molecular formula is C16H24O2. The van der Waals surface area contributed by atoms with Crippen molar-refractivity contribution >= 4 is 0 Å². The largest absolute Gasteiger partial charge is 0.343 e. The van der Waals surface area contributed by atoms with E-state index in [9.17, 15) is 0 Å². The summed E-state index contributed by atoms with van der Waals surface area (Å²) in [6.07, 6.45) is 2.46. The third-order valence-corrected chi connectivity index (χ3v) is 3.81. The quantitative estimate of drug-likeness (QED) is 0.789. The third-order valence-electron chi connectivity index (χ3n) is 3.81. The molecule has 0 unspecified atom stereocenters. The highest BCUT2D eigenvalue weighted by molar-refractivity contribution is 5.37. The Bertz CT molecular complexity index is 402. The molecule has 0 spiro atoms. The van der Waals surface area contributed by atoms with Crippen LogP contribution >= 0.6 is 0 Å². The molecular weight excluding hydrogens is 224 g/mol. The second-order valence-electron chi connectivity index (χ2n) is 4.89. The number of hydrogen-bond donors (Lipinski definition) is 0. The predicted octanol–water partition coefficient (Wildman–Crippen LogP) is 3.94. The van der Waals surface area contributed by atoms with E-state index in [1.807, 2.05) is 13.8 Å². The van der Waals surface area contributed by atoms with Crippen LogP contribution in [0.3, 0.4) is 0 Å². The van der Waals surface area contributed by atoms with Gasteiger partial charge in [0.05, 0.1) is 13.2 Å². The van der Waals surface area contributed by atoms with Crippen LogP contribution < -0.4 is 0 Å². The molecule has 0 amide bonds. The first-order valence-corrected chi connectivity index (χ1v) is 7.08. The second-order valence-corrected chi connectivity index (χ2v) is 4.89. The van der Waals surface area contributed by atoms with Crippen LogP contribution in [0.1, 0.15) is 43.4 Å². The molecule has 0 bridgehead atoms. The summed E-state index contributed by atoms with van der Waals surface area (Å²) in [5, 5.41) is 0. The molecule has 1 aromatic rings. The Labute approximate surface area is 110 Å². The topological polar surface area (TPSA) is 18.5 Å². The molecule has 2 aliphatic rings. The van der Waals surface area contributed by atoms with Gasteiger partial charge in [0.1, 0.15) is 0 Å². The number of hydrogen-bond acceptors (Lipinski definition) is 2. The molecule has 18 heavy (non-hydrogen) atoms. The van der Waals surface area contributed by atoms with Crippen molar-refractivity contribution in [2.45, 2.75) is 46.3 Å². The van der Waals surface area contributed by atoms with Gasteiger partial charge in [0, 0.05) is 11.5 Å². The number of ether oxygens (including phenoxy) is 2. The average molecular weight is 248 g/mol. The first-order valence-electron chi connectivity index (χ1n) is 7.08. The third kappa shape index (κ3) is 2.19. The van der Waals surface area contributed by atoms with E-state index in [0.717, 1.165) is 13.2 Å². The highest BCUT2D eigenvalue weighted by Gasteiger charge is 2.52. The van der Waals surface area contributed by atoms with Crippen LogP contribution in [0, 0.1) is 19.8 Å². The molecule has 100 valence electrons. The Balaban J connectivity index is 0.000000574. The molecule has 1 saturated carbocycles. The lowest BCUT2D eigenvalue weighted by Gasteiger charge is -2.30. The highest BCUT2D eigenvalue weighted by atomic mass is 16.7. The molecule has 3 rings (SSSR count). The fourth-order valence-electron chi connectivity index (χ4n) is 2.63. The zero-order chi connectivity index (χ0) is 13.2. The average Bonchev–Trinajstić information content (AvgIpc) is 3.15. The molecule has 2 heteroatoms. The normalized spacial score (nSPS) is 21.3. The van der Waals surface area contributed by atoms with Gasteiger partial charge in [0.2, 0.25) is 0 Å². The van der Waals surface area contributed by atoms with E-state index < -0.39 is 5.79 Å². The molecule has 0 atom stereocenters. The Morgan fingerprint density at radius 2 is 1.67 bits per heavy atom. The maximum absolute atomic E-state index is 5.96. The molecule has 1 aromatic carbocycles. The fraction of sp³-hybridized carbons (Fsp3) is 0.625. The van der Waals surface area contributed by atoms with Gasteiger partial charge in [0.25, 0.3) is 0 Å². The number of aryl methyl sites for hydroxylation is 1. The van der Waals surface area contributed by atoms with Crippen molar-refractivity contribution in [2.75, 3.05) is 13.2 Å². The number of rotatable bonds is 2. The van der Waals surface area contributed by atoms with Crippen LogP contribution in [-0.4, -0.2) is 13.2 Å². The Hall–Kier alpha value is -0.860. The minimum absolute atomic E-state index is 0.421. The van der Waals surface area contributed by atoms with E-state index in [1.165, 1.54) is 29.5 Å². The first-order chi connectivity index (χ1) is 8.74. The van der Waals surface area contributed by atoms with E-state index in [4.69, 9.17) is 9.47 Å². The van der Waals surface area contributed by atoms with Crippen molar-refractivity contribution in [3.05, 3.63) is 34.9 Å². The molecule has 0 N–H and O–H groups in total. The van der Waals surface area contributed by atoms with Crippen LogP contribution in [0.25, 0.3) is 0 Å². The summed E-state index contributed by atoms with van der Waals surface area (Å²) in [4.78, 5) is 0. The van der Waals surface area contributed by atoms with Gasteiger partial charge in [-0.15, -0.1) is 0 Å². The van der Waals surface area contributed by atoms with Gasteiger partial charge in [-0.25, -0.2) is 0 Å². The van der Waals surface area contributed by atoms with E-state index >= 15 is 0 Å². The Morgan fingerprint density at radius 1 is 1.06 bits per heavy atom. The summed E-state index contributed by atoms with van der Waals surface area (Å²) in [6.45, 7) is 9.77. The van der Waals surface area contributed by atoms with E-state index in [1.54, 1.807) is 0 Å². The summed E-state index contributed by atoms with van der Waals surface area (Å²) in [6, 6.07) is 6.41. The molecule has 2 nitrogen and oxygen atoms in total. The van der Waals surface area contributed by atoms with Gasteiger partial charge >= 0.3 is 0 Å². The molecule has 0 radical (unpaired) electrons. The van der Waals surface area contributed by atoms with Crippen molar-refractivity contribution < 1.29 is 9.47 Å². The van der Waals surface area contributed by atoms with Crippen molar-refractivity contribution in [1.29, 1.82) is 0 Å². The summed E-state index contributed by atoms with van der Waals surface area (Å²) in [5.74, 6) is 0.145.